The van der Waals surface area contributed by atoms with Crippen LogP contribution < -0.4 is 16.0 Å². The van der Waals surface area contributed by atoms with E-state index in [2.05, 4.69) is 16.0 Å². The van der Waals surface area contributed by atoms with Crippen LogP contribution in [0.2, 0.25) is 0 Å². The third-order valence-corrected chi connectivity index (χ3v) is 2.31. The first-order valence-electron chi connectivity index (χ1n) is 5.09. The van der Waals surface area contributed by atoms with E-state index in [1.54, 1.807) is 0 Å². The first-order chi connectivity index (χ1) is 7.13. The second-order valence-corrected chi connectivity index (χ2v) is 3.54. The van der Waals surface area contributed by atoms with E-state index in [0.29, 0.717) is 13.0 Å². The number of hydrogen-bond donors (Lipinski definition) is 4. The number of amides is 2. The number of carbonyl (C=O) groups is 2. The topological polar surface area (TPSA) is 90.5 Å². The second kappa shape index (κ2) is 5.67. The fourth-order valence-corrected chi connectivity index (χ4v) is 1.24. The lowest BCUT2D eigenvalue weighted by Gasteiger charge is -2.23. The maximum absolute atomic E-state index is 11.5. The Bertz CT molecular complexity index is 235. The van der Waals surface area contributed by atoms with E-state index < -0.39 is 12.1 Å². The smallest absolute Gasteiger partial charge is 0.239 e. The summed E-state index contributed by atoms with van der Waals surface area (Å²) in [5.74, 6) is -0.296. The van der Waals surface area contributed by atoms with Gasteiger partial charge in [-0.2, -0.15) is 0 Å². The second-order valence-electron chi connectivity index (χ2n) is 3.54. The van der Waals surface area contributed by atoms with Gasteiger partial charge in [-0.25, -0.2) is 0 Å². The van der Waals surface area contributed by atoms with Crippen molar-refractivity contribution in [2.45, 2.75) is 25.5 Å². The molecule has 2 atom stereocenters. The molecule has 0 aromatic carbocycles. The molecular formula is C9H17N3O3. The van der Waals surface area contributed by atoms with Gasteiger partial charge in [-0.3, -0.25) is 14.9 Å². The normalized spacial score (nSPS) is 23.1. The molecule has 4 N–H and O–H groups in total. The molecule has 86 valence electrons. The highest BCUT2D eigenvalue weighted by molar-refractivity contribution is 5.86. The number of aliphatic hydroxyl groups is 1. The van der Waals surface area contributed by atoms with Crippen LogP contribution in [0.4, 0.5) is 0 Å². The molecule has 0 spiro atoms. The van der Waals surface area contributed by atoms with Gasteiger partial charge in [0.15, 0.2) is 0 Å². The first kappa shape index (κ1) is 11.9. The summed E-state index contributed by atoms with van der Waals surface area (Å²) in [6.45, 7) is 2.55. The van der Waals surface area contributed by atoms with E-state index in [9.17, 15) is 14.7 Å². The van der Waals surface area contributed by atoms with E-state index in [-0.39, 0.29) is 24.9 Å². The molecule has 1 aliphatic heterocycles. The molecule has 0 aromatic rings. The molecule has 15 heavy (non-hydrogen) atoms. The molecule has 6 heteroatoms. The summed E-state index contributed by atoms with van der Waals surface area (Å²) in [7, 11) is 0. The van der Waals surface area contributed by atoms with E-state index in [1.807, 2.05) is 6.92 Å². The van der Waals surface area contributed by atoms with Crippen molar-refractivity contribution in [2.24, 2.45) is 0 Å². The van der Waals surface area contributed by atoms with Gasteiger partial charge in [-0.1, -0.05) is 6.92 Å². The predicted octanol–water partition coefficient (Wildman–Crippen LogP) is -2.04. The summed E-state index contributed by atoms with van der Waals surface area (Å²) in [5, 5.41) is 17.3. The highest BCUT2D eigenvalue weighted by Crippen LogP contribution is 1.91. The summed E-state index contributed by atoms with van der Waals surface area (Å²) in [6.07, 6.45) is 0.0990. The lowest BCUT2D eigenvalue weighted by atomic mass is 10.2. The van der Waals surface area contributed by atoms with Gasteiger partial charge < -0.3 is 15.7 Å². The minimum absolute atomic E-state index is 0.104. The Morgan fingerprint density at radius 2 is 2.47 bits per heavy atom. The largest absolute Gasteiger partial charge is 0.391 e. The maximum Gasteiger partial charge on any atom is 0.239 e. The monoisotopic (exact) mass is 215 g/mol. The standard InChI is InChI=1S/C9H17N3O3/c1-2-6(13)3-12-9(15)7-4-11-8(14)5-10-7/h6-7,10,13H,2-5H2,1H3,(H,11,14)(H,12,15). The third-order valence-electron chi connectivity index (χ3n) is 2.31. The van der Waals surface area contributed by atoms with Crippen LogP contribution in [-0.4, -0.2) is 48.7 Å². The summed E-state index contributed by atoms with van der Waals surface area (Å²) < 4.78 is 0. The summed E-state index contributed by atoms with van der Waals surface area (Å²) in [6, 6.07) is -0.397. The molecule has 1 rings (SSSR count). The van der Waals surface area contributed by atoms with Crippen molar-refractivity contribution in [1.82, 2.24) is 16.0 Å². The zero-order valence-corrected chi connectivity index (χ0v) is 8.75. The highest BCUT2D eigenvalue weighted by atomic mass is 16.3. The highest BCUT2D eigenvalue weighted by Gasteiger charge is 2.23. The van der Waals surface area contributed by atoms with Crippen molar-refractivity contribution < 1.29 is 14.7 Å². The van der Waals surface area contributed by atoms with Gasteiger partial charge >= 0.3 is 0 Å². The Hall–Kier alpha value is -1.14. The van der Waals surface area contributed by atoms with Crippen LogP contribution in [0.5, 0.6) is 0 Å². The lowest BCUT2D eigenvalue weighted by molar-refractivity contribution is -0.126. The average molecular weight is 215 g/mol. The van der Waals surface area contributed by atoms with E-state index in [0.717, 1.165) is 0 Å². The fourth-order valence-electron chi connectivity index (χ4n) is 1.24. The molecule has 1 fully saturated rings. The van der Waals surface area contributed by atoms with Gasteiger partial charge in [-0.15, -0.1) is 0 Å². The Morgan fingerprint density at radius 3 is 3.00 bits per heavy atom. The van der Waals surface area contributed by atoms with E-state index in [4.69, 9.17) is 0 Å². The van der Waals surface area contributed by atoms with Crippen molar-refractivity contribution in [3.8, 4) is 0 Å². The van der Waals surface area contributed by atoms with Gasteiger partial charge in [0.05, 0.1) is 12.6 Å². The molecule has 6 nitrogen and oxygen atoms in total. The lowest BCUT2D eigenvalue weighted by Crippen LogP contribution is -2.58. The third kappa shape index (κ3) is 3.85. The van der Waals surface area contributed by atoms with Crippen LogP contribution in [0.1, 0.15) is 13.3 Å². The number of hydrogen-bond acceptors (Lipinski definition) is 4. The number of carbonyl (C=O) groups excluding carboxylic acids is 2. The molecule has 1 saturated heterocycles. The number of rotatable bonds is 4. The molecular weight excluding hydrogens is 198 g/mol. The molecule has 0 aliphatic carbocycles. The van der Waals surface area contributed by atoms with Crippen LogP contribution in [-0.2, 0) is 9.59 Å². The average Bonchev–Trinajstić information content (AvgIpc) is 2.26. The molecule has 0 aromatic heterocycles. The molecule has 1 heterocycles. The number of aliphatic hydroxyl groups excluding tert-OH is 1. The van der Waals surface area contributed by atoms with Crippen LogP contribution in [0.15, 0.2) is 0 Å². The van der Waals surface area contributed by atoms with Gasteiger partial charge in [-0.05, 0) is 6.42 Å². The molecule has 0 bridgehead atoms. The van der Waals surface area contributed by atoms with Gasteiger partial charge in [0.2, 0.25) is 11.8 Å². The fraction of sp³-hybridized carbons (Fsp3) is 0.778. The van der Waals surface area contributed by atoms with E-state index >= 15 is 0 Å². The number of piperazine rings is 1. The van der Waals surface area contributed by atoms with Gasteiger partial charge in [0, 0.05) is 13.1 Å². The number of nitrogens with one attached hydrogen (secondary N) is 3. The van der Waals surface area contributed by atoms with Crippen molar-refractivity contribution in [3.05, 3.63) is 0 Å². The van der Waals surface area contributed by atoms with Crippen LogP contribution in [0, 0.1) is 0 Å². The Morgan fingerprint density at radius 1 is 1.73 bits per heavy atom. The molecule has 0 radical (unpaired) electrons. The molecule has 2 amide bonds. The predicted molar refractivity (Wildman–Crippen MR) is 54.1 cm³/mol. The van der Waals surface area contributed by atoms with Crippen molar-refractivity contribution in [3.63, 3.8) is 0 Å². The van der Waals surface area contributed by atoms with Crippen LogP contribution in [0.3, 0.4) is 0 Å². The summed E-state index contributed by atoms with van der Waals surface area (Å²) in [4.78, 5) is 22.3. The van der Waals surface area contributed by atoms with Gasteiger partial charge in [0.25, 0.3) is 0 Å². The van der Waals surface area contributed by atoms with E-state index in [1.165, 1.54) is 0 Å². The van der Waals surface area contributed by atoms with Crippen LogP contribution >= 0.6 is 0 Å². The SMILES string of the molecule is CCC(O)CNC(=O)C1CNC(=O)CN1. The molecule has 0 saturated carbocycles. The zero-order chi connectivity index (χ0) is 11.3. The van der Waals surface area contributed by atoms with Gasteiger partial charge in [0.1, 0.15) is 6.04 Å². The minimum Gasteiger partial charge on any atom is -0.391 e. The Balaban J connectivity index is 2.25. The van der Waals surface area contributed by atoms with Crippen molar-refractivity contribution >= 4 is 11.8 Å². The maximum atomic E-state index is 11.5. The van der Waals surface area contributed by atoms with Crippen LogP contribution in [0.25, 0.3) is 0 Å². The quantitative estimate of drug-likeness (QED) is 0.435. The summed E-state index contributed by atoms with van der Waals surface area (Å²) in [5.41, 5.74) is 0. The Kier molecular flexibility index (Phi) is 4.51. The molecule has 2 unspecified atom stereocenters. The zero-order valence-electron chi connectivity index (χ0n) is 8.75. The van der Waals surface area contributed by atoms with Crippen molar-refractivity contribution in [2.75, 3.05) is 19.6 Å². The first-order valence-corrected chi connectivity index (χ1v) is 5.09. The minimum atomic E-state index is -0.507. The summed E-state index contributed by atoms with van der Waals surface area (Å²) >= 11 is 0. The Labute approximate surface area is 88.4 Å². The van der Waals surface area contributed by atoms with Crippen molar-refractivity contribution in [1.29, 1.82) is 0 Å². The molecule has 1 aliphatic rings.